The van der Waals surface area contributed by atoms with Gasteiger partial charge in [-0.2, -0.15) is 22.6 Å². The zero-order chi connectivity index (χ0) is 24.4. The standard InChI is InChI=1S/C23H25F3N6O2S/c24-23(25,26)35(33,34)30-11-17-9-19(32-5-1-4-29-32)2-3-21(17)31(12-18-10-27-14-28-18)22(13-30)20-8-15-6-16(20)7-15/h1-5,9-10,14-16,20,22H,6-8,11-13H2,(H,27,28). The number of imidazole rings is 1. The van der Waals surface area contributed by atoms with Crippen LogP contribution in [0.1, 0.15) is 30.5 Å². The monoisotopic (exact) mass is 506 g/mol. The molecule has 3 aromatic rings. The smallest absolute Gasteiger partial charge is 0.361 e. The lowest BCUT2D eigenvalue weighted by Gasteiger charge is -2.39. The number of alkyl halides is 3. The second-order valence-electron chi connectivity index (χ2n) is 9.78. The molecule has 3 aliphatic carbocycles. The molecule has 0 amide bonds. The van der Waals surface area contributed by atoms with Crippen LogP contribution >= 0.6 is 0 Å². The van der Waals surface area contributed by atoms with Gasteiger partial charge >= 0.3 is 15.5 Å². The number of aromatic nitrogens is 4. The Hall–Kier alpha value is -2.86. The van der Waals surface area contributed by atoms with Crippen molar-refractivity contribution in [1.29, 1.82) is 0 Å². The molecule has 1 N–H and O–H groups in total. The maximum atomic E-state index is 13.8. The molecule has 0 saturated heterocycles. The summed E-state index contributed by atoms with van der Waals surface area (Å²) in [7, 11) is -5.52. The minimum Gasteiger partial charge on any atom is -0.361 e. The first-order chi connectivity index (χ1) is 16.7. The molecule has 2 unspecified atom stereocenters. The Labute approximate surface area is 200 Å². The third-order valence-electron chi connectivity index (χ3n) is 7.78. The lowest BCUT2D eigenvalue weighted by atomic mass is 9.80. The lowest BCUT2D eigenvalue weighted by molar-refractivity contribution is -0.0493. The van der Waals surface area contributed by atoms with Gasteiger partial charge in [-0.15, -0.1) is 0 Å². The van der Waals surface area contributed by atoms with Gasteiger partial charge in [-0.25, -0.2) is 18.1 Å². The summed E-state index contributed by atoms with van der Waals surface area (Å²) in [5, 5.41) is 4.22. The number of nitrogens with zero attached hydrogens (tertiary/aromatic N) is 5. The number of aromatic amines is 1. The number of fused-ring (bicyclic) bond motifs is 2. The first-order valence-electron chi connectivity index (χ1n) is 11.6. The third-order valence-corrected chi connectivity index (χ3v) is 9.33. The Balaban J connectivity index is 1.49. The average Bonchev–Trinajstić information content (AvgIpc) is 3.58. The molecule has 186 valence electrons. The summed E-state index contributed by atoms with van der Waals surface area (Å²) in [4.78, 5) is 9.28. The fourth-order valence-electron chi connectivity index (χ4n) is 6.11. The zero-order valence-corrected chi connectivity index (χ0v) is 19.6. The molecule has 2 aromatic heterocycles. The second kappa shape index (κ2) is 8.09. The Morgan fingerprint density at radius 1 is 1.17 bits per heavy atom. The van der Waals surface area contributed by atoms with Crippen molar-refractivity contribution in [3.63, 3.8) is 0 Å². The van der Waals surface area contributed by atoms with Gasteiger partial charge < -0.3 is 9.88 Å². The van der Waals surface area contributed by atoms with Crippen LogP contribution in [-0.2, 0) is 23.1 Å². The number of benzene rings is 1. The summed E-state index contributed by atoms with van der Waals surface area (Å²) in [6.45, 7) is -0.175. The quantitative estimate of drug-likeness (QED) is 0.571. The van der Waals surface area contributed by atoms with Crippen molar-refractivity contribution in [2.75, 3.05) is 11.4 Å². The van der Waals surface area contributed by atoms with E-state index in [2.05, 4.69) is 20.0 Å². The fourth-order valence-corrected chi connectivity index (χ4v) is 7.07. The molecule has 35 heavy (non-hydrogen) atoms. The second-order valence-corrected chi connectivity index (χ2v) is 11.7. The van der Waals surface area contributed by atoms with Gasteiger partial charge in [0.2, 0.25) is 0 Å². The largest absolute Gasteiger partial charge is 0.511 e. The summed E-state index contributed by atoms with van der Waals surface area (Å²) in [5.41, 5.74) is -2.65. The van der Waals surface area contributed by atoms with E-state index in [0.717, 1.165) is 30.6 Å². The van der Waals surface area contributed by atoms with E-state index in [9.17, 15) is 21.6 Å². The highest BCUT2D eigenvalue weighted by atomic mass is 32.2. The molecule has 8 nitrogen and oxygen atoms in total. The van der Waals surface area contributed by atoms with Crippen LogP contribution in [0.5, 0.6) is 0 Å². The van der Waals surface area contributed by atoms with Crippen molar-refractivity contribution in [1.82, 2.24) is 24.1 Å². The average molecular weight is 507 g/mol. The van der Waals surface area contributed by atoms with Crippen LogP contribution in [-0.4, -0.2) is 50.6 Å². The van der Waals surface area contributed by atoms with Gasteiger partial charge in [0.05, 0.1) is 24.3 Å². The molecule has 2 bridgehead atoms. The van der Waals surface area contributed by atoms with Crippen molar-refractivity contribution in [2.45, 2.75) is 43.9 Å². The zero-order valence-electron chi connectivity index (χ0n) is 18.8. The molecular weight excluding hydrogens is 481 g/mol. The number of hydrogen-bond donors (Lipinski definition) is 1. The maximum absolute atomic E-state index is 13.8. The molecule has 3 heterocycles. The number of nitrogens with one attached hydrogen (secondary N) is 1. The van der Waals surface area contributed by atoms with Crippen LogP contribution in [0.15, 0.2) is 49.2 Å². The van der Waals surface area contributed by atoms with E-state index >= 15 is 0 Å². The molecule has 0 spiro atoms. The van der Waals surface area contributed by atoms with Gasteiger partial charge in [0, 0.05) is 43.4 Å². The molecule has 3 saturated carbocycles. The molecule has 4 aliphatic rings. The minimum atomic E-state index is -5.52. The first kappa shape index (κ1) is 22.6. The fraction of sp³-hybridized carbons (Fsp3) is 0.478. The molecule has 12 heteroatoms. The topological polar surface area (TPSA) is 87.1 Å². The normalized spacial score (nSPS) is 26.9. The molecule has 0 radical (unpaired) electrons. The molecule has 1 aliphatic heterocycles. The van der Waals surface area contributed by atoms with Crippen molar-refractivity contribution in [3.05, 3.63) is 60.4 Å². The summed E-state index contributed by atoms with van der Waals surface area (Å²) >= 11 is 0. The first-order valence-corrected chi connectivity index (χ1v) is 13.1. The van der Waals surface area contributed by atoms with Gasteiger partial charge in [-0.3, -0.25) is 0 Å². The van der Waals surface area contributed by atoms with Crippen molar-refractivity contribution in [3.8, 4) is 5.69 Å². The maximum Gasteiger partial charge on any atom is 0.511 e. The minimum absolute atomic E-state index is 0.130. The predicted molar refractivity (Wildman–Crippen MR) is 122 cm³/mol. The van der Waals surface area contributed by atoms with Crippen molar-refractivity contribution >= 4 is 15.7 Å². The molecule has 1 aromatic carbocycles. The van der Waals surface area contributed by atoms with E-state index in [1.54, 1.807) is 41.7 Å². The van der Waals surface area contributed by atoms with Crippen LogP contribution in [0.3, 0.4) is 0 Å². The molecular formula is C23H25F3N6O2S. The van der Waals surface area contributed by atoms with E-state index < -0.39 is 15.5 Å². The van der Waals surface area contributed by atoms with Gasteiger partial charge in [-0.1, -0.05) is 0 Å². The highest BCUT2D eigenvalue weighted by Crippen LogP contribution is 2.55. The summed E-state index contributed by atoms with van der Waals surface area (Å²) in [5.74, 6) is 1.12. The SMILES string of the molecule is O=S(=O)(N1Cc2cc(-n3cccn3)ccc2N(Cc2cnc[nH]2)C(C2CC3CC2C3)C1)C(F)(F)F. The highest BCUT2D eigenvalue weighted by molar-refractivity contribution is 7.89. The molecule has 7 rings (SSSR count). The van der Waals surface area contributed by atoms with E-state index in [0.29, 0.717) is 33.9 Å². The molecule has 2 atom stereocenters. The number of sulfonamides is 1. The van der Waals surface area contributed by atoms with Gasteiger partial charge in [0.15, 0.2) is 0 Å². The highest BCUT2D eigenvalue weighted by Gasteiger charge is 2.54. The number of H-pyrrole nitrogens is 1. The van der Waals surface area contributed by atoms with Crippen LogP contribution in [0.2, 0.25) is 0 Å². The summed E-state index contributed by atoms with van der Waals surface area (Å²) in [6, 6.07) is 6.84. The number of rotatable bonds is 5. The predicted octanol–water partition coefficient (Wildman–Crippen LogP) is 3.68. The number of halogens is 3. The number of hydrogen-bond acceptors (Lipinski definition) is 5. The Morgan fingerprint density at radius 3 is 2.63 bits per heavy atom. The van der Waals surface area contributed by atoms with Gasteiger partial charge in [0.25, 0.3) is 0 Å². The van der Waals surface area contributed by atoms with E-state index in [1.807, 2.05) is 12.1 Å². The van der Waals surface area contributed by atoms with Crippen LogP contribution in [0.4, 0.5) is 18.9 Å². The lowest BCUT2D eigenvalue weighted by Crippen LogP contribution is -2.50. The number of anilines is 1. The Morgan fingerprint density at radius 2 is 2.00 bits per heavy atom. The van der Waals surface area contributed by atoms with Crippen LogP contribution < -0.4 is 4.90 Å². The Kier molecular flexibility index (Phi) is 5.22. The summed E-state index contributed by atoms with van der Waals surface area (Å²) < 4.78 is 68.9. The summed E-state index contributed by atoms with van der Waals surface area (Å²) in [6.07, 6.45) is 9.65. The van der Waals surface area contributed by atoms with Crippen LogP contribution in [0, 0.1) is 17.8 Å². The van der Waals surface area contributed by atoms with E-state index in [1.165, 1.54) is 0 Å². The van der Waals surface area contributed by atoms with Crippen LogP contribution in [0.25, 0.3) is 5.69 Å². The van der Waals surface area contributed by atoms with Gasteiger partial charge in [-0.05, 0) is 66.8 Å². The molecule has 3 fully saturated rings. The van der Waals surface area contributed by atoms with Crippen molar-refractivity contribution < 1.29 is 21.6 Å². The Bertz CT molecular complexity index is 1300. The van der Waals surface area contributed by atoms with E-state index in [4.69, 9.17) is 0 Å². The third kappa shape index (κ3) is 3.83. The van der Waals surface area contributed by atoms with Gasteiger partial charge in [0.1, 0.15) is 0 Å². The van der Waals surface area contributed by atoms with Crippen molar-refractivity contribution in [2.24, 2.45) is 17.8 Å². The van der Waals surface area contributed by atoms with E-state index in [-0.39, 0.29) is 25.0 Å².